The van der Waals surface area contributed by atoms with Crippen LogP contribution in [0.1, 0.15) is 18.9 Å². The van der Waals surface area contributed by atoms with Crippen molar-refractivity contribution in [1.82, 2.24) is 5.32 Å². The standard InChI is InChI=1S/C19H22ClNO3/c1-14(12-15-6-5-7-16(13-15)23-2)21-19(22)10-11-24-18-9-4-3-8-17(18)20/h3-9,13-14H,10-12H2,1-2H3,(H,21,22). The topological polar surface area (TPSA) is 47.6 Å². The molecule has 0 saturated heterocycles. The maximum absolute atomic E-state index is 12.0. The van der Waals surface area contributed by atoms with Gasteiger partial charge in [-0.05, 0) is 43.2 Å². The molecule has 0 heterocycles. The van der Waals surface area contributed by atoms with Crippen LogP contribution in [0.2, 0.25) is 5.02 Å². The second-order valence-corrected chi connectivity index (χ2v) is 5.96. The SMILES string of the molecule is COc1cccc(CC(C)NC(=O)CCOc2ccccc2Cl)c1. The number of methoxy groups -OCH3 is 1. The Morgan fingerprint density at radius 1 is 1.21 bits per heavy atom. The Kier molecular flexibility index (Phi) is 6.94. The minimum Gasteiger partial charge on any atom is -0.497 e. The Bertz CT molecular complexity index is 675. The van der Waals surface area contributed by atoms with Gasteiger partial charge in [0.2, 0.25) is 5.91 Å². The predicted octanol–water partition coefficient (Wildman–Crippen LogP) is 3.86. The first-order valence-electron chi connectivity index (χ1n) is 7.88. The van der Waals surface area contributed by atoms with Gasteiger partial charge in [-0.2, -0.15) is 0 Å². The molecule has 2 aromatic carbocycles. The van der Waals surface area contributed by atoms with E-state index in [1.165, 1.54) is 0 Å². The van der Waals surface area contributed by atoms with E-state index in [9.17, 15) is 4.79 Å². The number of para-hydroxylation sites is 1. The number of hydrogen-bond acceptors (Lipinski definition) is 3. The first kappa shape index (κ1) is 18.1. The van der Waals surface area contributed by atoms with Gasteiger partial charge in [0.25, 0.3) is 0 Å². The fourth-order valence-corrected chi connectivity index (χ4v) is 2.56. The number of nitrogens with one attached hydrogen (secondary N) is 1. The Hall–Kier alpha value is -2.20. The zero-order valence-corrected chi connectivity index (χ0v) is 14.7. The van der Waals surface area contributed by atoms with Crippen LogP contribution in [0.3, 0.4) is 0 Å². The fraction of sp³-hybridized carbons (Fsp3) is 0.316. The van der Waals surface area contributed by atoms with Gasteiger partial charge in [-0.25, -0.2) is 0 Å². The van der Waals surface area contributed by atoms with E-state index in [0.717, 1.165) is 17.7 Å². The van der Waals surface area contributed by atoms with Gasteiger partial charge in [0.15, 0.2) is 0 Å². The molecule has 2 aromatic rings. The van der Waals surface area contributed by atoms with Gasteiger partial charge < -0.3 is 14.8 Å². The first-order chi connectivity index (χ1) is 11.6. The smallest absolute Gasteiger partial charge is 0.223 e. The fourth-order valence-electron chi connectivity index (χ4n) is 2.37. The van der Waals surface area contributed by atoms with E-state index in [1.54, 1.807) is 19.2 Å². The lowest BCUT2D eigenvalue weighted by Gasteiger charge is -2.15. The molecule has 4 nitrogen and oxygen atoms in total. The predicted molar refractivity (Wildman–Crippen MR) is 95.9 cm³/mol. The highest BCUT2D eigenvalue weighted by Crippen LogP contribution is 2.23. The van der Waals surface area contributed by atoms with E-state index in [2.05, 4.69) is 5.32 Å². The maximum atomic E-state index is 12.0. The normalized spacial score (nSPS) is 11.6. The second-order valence-electron chi connectivity index (χ2n) is 5.55. The van der Waals surface area contributed by atoms with E-state index in [-0.39, 0.29) is 18.4 Å². The highest BCUT2D eigenvalue weighted by Gasteiger charge is 2.09. The van der Waals surface area contributed by atoms with Gasteiger partial charge >= 0.3 is 0 Å². The van der Waals surface area contributed by atoms with Crippen LogP contribution in [0.5, 0.6) is 11.5 Å². The molecule has 0 spiro atoms. The van der Waals surface area contributed by atoms with Gasteiger partial charge in [-0.3, -0.25) is 4.79 Å². The maximum Gasteiger partial charge on any atom is 0.223 e. The molecule has 5 heteroatoms. The molecule has 2 rings (SSSR count). The van der Waals surface area contributed by atoms with Crippen molar-refractivity contribution in [2.24, 2.45) is 0 Å². The van der Waals surface area contributed by atoms with Gasteiger partial charge in [0.1, 0.15) is 11.5 Å². The van der Waals surface area contributed by atoms with Crippen molar-refractivity contribution in [3.8, 4) is 11.5 Å². The molecule has 0 aliphatic rings. The first-order valence-corrected chi connectivity index (χ1v) is 8.26. The van der Waals surface area contributed by atoms with Crippen molar-refractivity contribution < 1.29 is 14.3 Å². The minimum absolute atomic E-state index is 0.0323. The zero-order chi connectivity index (χ0) is 17.4. The molecule has 0 bridgehead atoms. The average molecular weight is 348 g/mol. The van der Waals surface area contributed by atoms with Crippen molar-refractivity contribution in [3.05, 3.63) is 59.1 Å². The monoisotopic (exact) mass is 347 g/mol. The molecular formula is C19H22ClNO3. The van der Waals surface area contributed by atoms with Gasteiger partial charge in [-0.15, -0.1) is 0 Å². The Labute approximate surface area is 147 Å². The highest BCUT2D eigenvalue weighted by atomic mass is 35.5. The van der Waals surface area contributed by atoms with Gasteiger partial charge in [-0.1, -0.05) is 35.9 Å². The molecule has 0 aliphatic carbocycles. The number of rotatable bonds is 8. The molecule has 0 saturated carbocycles. The average Bonchev–Trinajstić information content (AvgIpc) is 2.56. The Morgan fingerprint density at radius 2 is 2.00 bits per heavy atom. The van der Waals surface area contributed by atoms with E-state index in [0.29, 0.717) is 17.4 Å². The number of carbonyl (C=O) groups excluding carboxylic acids is 1. The van der Waals surface area contributed by atoms with Crippen LogP contribution in [0.15, 0.2) is 48.5 Å². The summed E-state index contributed by atoms with van der Waals surface area (Å²) in [6.07, 6.45) is 1.03. The number of halogens is 1. The van der Waals surface area contributed by atoms with Crippen molar-refractivity contribution in [2.45, 2.75) is 25.8 Å². The Morgan fingerprint density at radius 3 is 2.75 bits per heavy atom. The molecule has 1 atom stereocenters. The molecule has 0 radical (unpaired) electrons. The van der Waals surface area contributed by atoms with E-state index >= 15 is 0 Å². The summed E-state index contributed by atoms with van der Waals surface area (Å²) in [6, 6.07) is 15.1. The summed E-state index contributed by atoms with van der Waals surface area (Å²) in [4.78, 5) is 12.0. The summed E-state index contributed by atoms with van der Waals surface area (Å²) in [6.45, 7) is 2.27. The van der Waals surface area contributed by atoms with Gasteiger partial charge in [0, 0.05) is 6.04 Å². The van der Waals surface area contributed by atoms with Crippen molar-refractivity contribution >= 4 is 17.5 Å². The van der Waals surface area contributed by atoms with Crippen LogP contribution in [0, 0.1) is 0 Å². The highest BCUT2D eigenvalue weighted by molar-refractivity contribution is 6.32. The molecule has 0 fully saturated rings. The van der Waals surface area contributed by atoms with Crippen LogP contribution in [-0.2, 0) is 11.2 Å². The van der Waals surface area contributed by atoms with Crippen LogP contribution in [0.4, 0.5) is 0 Å². The van der Waals surface area contributed by atoms with E-state index < -0.39 is 0 Å². The minimum atomic E-state index is -0.0440. The Balaban J connectivity index is 1.74. The third-order valence-corrected chi connectivity index (χ3v) is 3.82. The number of benzene rings is 2. The van der Waals surface area contributed by atoms with Crippen molar-refractivity contribution in [2.75, 3.05) is 13.7 Å². The zero-order valence-electron chi connectivity index (χ0n) is 13.9. The van der Waals surface area contributed by atoms with Crippen LogP contribution >= 0.6 is 11.6 Å². The van der Waals surface area contributed by atoms with Gasteiger partial charge in [0.05, 0.1) is 25.2 Å². The molecule has 1 unspecified atom stereocenters. The number of amides is 1. The lowest BCUT2D eigenvalue weighted by atomic mass is 10.1. The molecule has 0 aliphatic heterocycles. The summed E-state index contributed by atoms with van der Waals surface area (Å²) < 4.78 is 10.7. The van der Waals surface area contributed by atoms with Crippen LogP contribution in [-0.4, -0.2) is 25.7 Å². The molecule has 24 heavy (non-hydrogen) atoms. The summed E-state index contributed by atoms with van der Waals surface area (Å²) >= 11 is 6.00. The van der Waals surface area contributed by atoms with Crippen LogP contribution < -0.4 is 14.8 Å². The van der Waals surface area contributed by atoms with Crippen molar-refractivity contribution in [1.29, 1.82) is 0 Å². The second kappa shape index (κ2) is 9.18. The van der Waals surface area contributed by atoms with Crippen molar-refractivity contribution in [3.63, 3.8) is 0 Å². The molecule has 128 valence electrons. The number of ether oxygens (including phenoxy) is 2. The third-order valence-electron chi connectivity index (χ3n) is 3.51. The molecule has 1 N–H and O–H groups in total. The van der Waals surface area contributed by atoms with E-state index in [1.807, 2.05) is 43.3 Å². The van der Waals surface area contributed by atoms with E-state index in [4.69, 9.17) is 21.1 Å². The summed E-state index contributed by atoms with van der Waals surface area (Å²) in [5.74, 6) is 1.37. The largest absolute Gasteiger partial charge is 0.497 e. The third kappa shape index (κ3) is 5.78. The molecular weight excluding hydrogens is 326 g/mol. The molecule has 0 aromatic heterocycles. The lowest BCUT2D eigenvalue weighted by molar-refractivity contribution is -0.122. The van der Waals surface area contributed by atoms with Crippen LogP contribution in [0.25, 0.3) is 0 Å². The number of carbonyl (C=O) groups is 1. The number of hydrogen-bond donors (Lipinski definition) is 1. The summed E-state index contributed by atoms with van der Waals surface area (Å²) in [5, 5.41) is 3.52. The summed E-state index contributed by atoms with van der Waals surface area (Å²) in [7, 11) is 1.64. The molecule has 1 amide bonds. The summed E-state index contributed by atoms with van der Waals surface area (Å²) in [5.41, 5.74) is 1.12. The lowest BCUT2D eigenvalue weighted by Crippen LogP contribution is -2.34. The quantitative estimate of drug-likeness (QED) is 0.788.